The molecule has 0 spiro atoms. The highest BCUT2D eigenvalue weighted by molar-refractivity contribution is 7.98. The van der Waals surface area contributed by atoms with Crippen LogP contribution >= 0.6 is 11.8 Å². The summed E-state index contributed by atoms with van der Waals surface area (Å²) in [5.41, 5.74) is 3.70. The molecule has 0 amide bonds. The topological polar surface area (TPSA) is 77.8 Å². The highest BCUT2D eigenvalue weighted by Crippen LogP contribution is 2.28. The van der Waals surface area contributed by atoms with Crippen molar-refractivity contribution in [3.8, 4) is 11.4 Å². The van der Waals surface area contributed by atoms with Crippen molar-refractivity contribution in [1.29, 1.82) is 0 Å². The molecule has 7 nitrogen and oxygen atoms in total. The normalized spacial score (nSPS) is 11.3. The number of aromatic amines is 1. The maximum atomic E-state index is 14.5. The van der Waals surface area contributed by atoms with Crippen molar-refractivity contribution in [1.82, 2.24) is 24.5 Å². The van der Waals surface area contributed by atoms with Crippen molar-refractivity contribution in [3.05, 3.63) is 60.2 Å². The van der Waals surface area contributed by atoms with Crippen molar-refractivity contribution in [3.63, 3.8) is 0 Å². The van der Waals surface area contributed by atoms with E-state index in [1.54, 1.807) is 42.7 Å². The summed E-state index contributed by atoms with van der Waals surface area (Å²) in [6.07, 6.45) is 7.45. The molecule has 0 saturated heterocycles. The zero-order valence-corrected chi connectivity index (χ0v) is 17.6. The van der Waals surface area contributed by atoms with E-state index in [2.05, 4.69) is 19.9 Å². The summed E-state index contributed by atoms with van der Waals surface area (Å²) in [4.78, 5) is 16.2. The van der Waals surface area contributed by atoms with Gasteiger partial charge in [0.25, 0.3) is 0 Å². The lowest BCUT2D eigenvalue weighted by Crippen LogP contribution is -2.04. The highest BCUT2D eigenvalue weighted by atomic mass is 32.2. The number of thioether (sulfide) groups is 1. The molecule has 0 bridgehead atoms. The number of halogens is 1. The number of ether oxygens (including phenoxy) is 2. The third kappa shape index (κ3) is 4.47. The fourth-order valence-electron chi connectivity index (χ4n) is 3.05. The van der Waals surface area contributed by atoms with Gasteiger partial charge >= 0.3 is 0 Å². The Labute approximate surface area is 177 Å². The quantitative estimate of drug-likeness (QED) is 0.317. The monoisotopic (exact) mass is 427 g/mol. The summed E-state index contributed by atoms with van der Waals surface area (Å²) in [5, 5.41) is 0.708. The number of benzene rings is 1. The maximum absolute atomic E-state index is 14.5. The van der Waals surface area contributed by atoms with E-state index < -0.39 is 0 Å². The molecule has 3 heterocycles. The number of rotatable bonds is 9. The highest BCUT2D eigenvalue weighted by Gasteiger charge is 2.12. The van der Waals surface area contributed by atoms with Crippen molar-refractivity contribution in [2.75, 3.05) is 20.3 Å². The van der Waals surface area contributed by atoms with E-state index in [-0.39, 0.29) is 5.82 Å². The van der Waals surface area contributed by atoms with Crippen LogP contribution < -0.4 is 4.74 Å². The van der Waals surface area contributed by atoms with Gasteiger partial charge in [-0.2, -0.15) is 0 Å². The van der Waals surface area contributed by atoms with E-state index in [9.17, 15) is 4.39 Å². The van der Waals surface area contributed by atoms with Gasteiger partial charge in [-0.1, -0.05) is 11.8 Å². The molecule has 0 aliphatic carbocycles. The second kappa shape index (κ2) is 9.27. The molecular weight excluding hydrogens is 405 g/mol. The molecule has 0 aliphatic rings. The average molecular weight is 428 g/mol. The number of hydrogen-bond donors (Lipinski definition) is 1. The Hall–Kier alpha value is -2.91. The number of aromatic nitrogens is 5. The molecule has 1 aromatic carbocycles. The molecule has 0 unspecified atom stereocenters. The van der Waals surface area contributed by atoms with Gasteiger partial charge in [-0.05, 0) is 19.1 Å². The van der Waals surface area contributed by atoms with E-state index in [0.29, 0.717) is 40.8 Å². The van der Waals surface area contributed by atoms with Crippen molar-refractivity contribution < 1.29 is 13.9 Å². The molecule has 4 aromatic rings. The number of pyridine rings is 1. The first-order valence-electron chi connectivity index (χ1n) is 9.52. The molecule has 0 fully saturated rings. The molecule has 156 valence electrons. The summed E-state index contributed by atoms with van der Waals surface area (Å²) in [7, 11) is 1.68. The summed E-state index contributed by atoms with van der Waals surface area (Å²) in [5.74, 6) is 1.11. The Morgan fingerprint density at radius 3 is 2.93 bits per heavy atom. The van der Waals surface area contributed by atoms with Crippen LogP contribution in [0.15, 0.2) is 48.3 Å². The molecule has 30 heavy (non-hydrogen) atoms. The molecule has 4 rings (SSSR count). The lowest BCUT2D eigenvalue weighted by atomic mass is 10.2. The van der Waals surface area contributed by atoms with Crippen LogP contribution in [-0.4, -0.2) is 44.8 Å². The number of H-pyrrole nitrogens is 1. The molecule has 0 atom stereocenters. The van der Waals surface area contributed by atoms with Crippen molar-refractivity contribution >= 4 is 22.8 Å². The van der Waals surface area contributed by atoms with Gasteiger partial charge in [-0.15, -0.1) is 0 Å². The number of nitrogens with zero attached hydrogens (tertiary/aromatic N) is 4. The molecule has 1 N–H and O–H groups in total. The zero-order chi connectivity index (χ0) is 20.9. The first-order chi connectivity index (χ1) is 14.7. The molecule has 0 radical (unpaired) electrons. The maximum Gasteiger partial charge on any atom is 0.166 e. The lowest BCUT2D eigenvalue weighted by molar-refractivity contribution is 0.172. The van der Waals surface area contributed by atoms with Gasteiger partial charge in [0, 0.05) is 56.1 Å². The Bertz CT molecular complexity index is 1130. The minimum atomic E-state index is -0.337. The molecule has 0 aliphatic heterocycles. The summed E-state index contributed by atoms with van der Waals surface area (Å²) < 4.78 is 27.0. The number of hydrogen-bond acceptors (Lipinski definition) is 6. The van der Waals surface area contributed by atoms with Crippen LogP contribution in [0.1, 0.15) is 17.7 Å². The molecule has 9 heteroatoms. The molecular formula is C21H22FN5O2S. The number of methoxy groups -OCH3 is 1. The average Bonchev–Trinajstić information content (AvgIpc) is 3.40. The van der Waals surface area contributed by atoms with Crippen LogP contribution in [0.4, 0.5) is 4.39 Å². The molecule has 3 aromatic heterocycles. The van der Waals surface area contributed by atoms with Crippen LogP contribution in [0.3, 0.4) is 0 Å². The first kappa shape index (κ1) is 20.4. The Morgan fingerprint density at radius 2 is 2.13 bits per heavy atom. The van der Waals surface area contributed by atoms with Gasteiger partial charge in [0.2, 0.25) is 0 Å². The summed E-state index contributed by atoms with van der Waals surface area (Å²) in [6, 6.07) is 5.04. The van der Waals surface area contributed by atoms with Crippen LogP contribution in [-0.2, 0) is 10.5 Å². The fraction of sp³-hybridized carbons (Fsp3) is 0.286. The first-order valence-corrected chi connectivity index (χ1v) is 10.5. The van der Waals surface area contributed by atoms with Crippen molar-refractivity contribution in [2.24, 2.45) is 0 Å². The van der Waals surface area contributed by atoms with Gasteiger partial charge in [0.15, 0.2) is 5.16 Å². The van der Waals surface area contributed by atoms with Gasteiger partial charge in [-0.3, -0.25) is 4.98 Å². The van der Waals surface area contributed by atoms with Crippen LogP contribution in [0.5, 0.6) is 5.75 Å². The minimum Gasteiger partial charge on any atom is -0.493 e. The number of fused-ring (bicyclic) bond motifs is 1. The summed E-state index contributed by atoms with van der Waals surface area (Å²) in [6.45, 7) is 3.27. The fourth-order valence-corrected chi connectivity index (χ4v) is 3.96. The number of imidazole rings is 2. The minimum absolute atomic E-state index is 0.337. The number of nitrogens with one attached hydrogen (secondary N) is 1. The van der Waals surface area contributed by atoms with E-state index in [4.69, 9.17) is 9.47 Å². The Balaban J connectivity index is 1.47. The smallest absolute Gasteiger partial charge is 0.166 e. The molecule has 0 saturated carbocycles. The largest absolute Gasteiger partial charge is 0.493 e. The van der Waals surface area contributed by atoms with Crippen LogP contribution in [0.25, 0.3) is 16.7 Å². The predicted octanol–water partition coefficient (Wildman–Crippen LogP) is 4.30. The van der Waals surface area contributed by atoms with Gasteiger partial charge in [0.05, 0.1) is 35.3 Å². The van der Waals surface area contributed by atoms with E-state index >= 15 is 0 Å². The van der Waals surface area contributed by atoms with E-state index in [0.717, 1.165) is 23.4 Å². The van der Waals surface area contributed by atoms with Gasteiger partial charge < -0.3 is 19.0 Å². The van der Waals surface area contributed by atoms with Crippen LogP contribution in [0, 0.1) is 12.7 Å². The van der Waals surface area contributed by atoms with E-state index in [1.807, 2.05) is 13.0 Å². The Kier molecular flexibility index (Phi) is 6.29. The lowest BCUT2D eigenvalue weighted by Gasteiger charge is -2.11. The van der Waals surface area contributed by atoms with Crippen LogP contribution in [0.2, 0.25) is 0 Å². The standard InChI is InChI=1S/C21H22FN5O2S/c1-14-18(24-5-4-20(14)29-9-3-8-28-2)12-30-21-25-16-10-15(22)19(11-17(16)26-21)27-7-6-23-13-27/h4-7,10-11,13H,3,8-9,12H2,1-2H3,(H,25,26). The third-order valence-corrected chi connectivity index (χ3v) is 5.55. The van der Waals surface area contributed by atoms with Gasteiger partial charge in [-0.25, -0.2) is 14.4 Å². The van der Waals surface area contributed by atoms with Gasteiger partial charge in [0.1, 0.15) is 11.6 Å². The predicted molar refractivity (Wildman–Crippen MR) is 114 cm³/mol. The zero-order valence-electron chi connectivity index (χ0n) is 16.8. The Morgan fingerprint density at radius 1 is 1.23 bits per heavy atom. The second-order valence-corrected chi connectivity index (χ2v) is 7.66. The SMILES string of the molecule is COCCCOc1ccnc(CSc2nc3cc(-n4ccnc4)c(F)cc3[nH]2)c1C. The third-order valence-electron chi connectivity index (χ3n) is 4.67. The van der Waals surface area contributed by atoms with E-state index in [1.165, 1.54) is 17.8 Å². The summed E-state index contributed by atoms with van der Waals surface area (Å²) >= 11 is 1.52. The van der Waals surface area contributed by atoms with Crippen molar-refractivity contribution in [2.45, 2.75) is 24.3 Å². The second-order valence-electron chi connectivity index (χ2n) is 6.70.